The lowest BCUT2D eigenvalue weighted by atomic mass is 9.88. The summed E-state index contributed by atoms with van der Waals surface area (Å²) in [5.74, 6) is 0.878. The lowest BCUT2D eigenvalue weighted by Crippen LogP contribution is -2.18. The summed E-state index contributed by atoms with van der Waals surface area (Å²) < 4.78 is 5.12. The van der Waals surface area contributed by atoms with Crippen molar-refractivity contribution in [1.29, 1.82) is 0 Å². The Morgan fingerprint density at radius 2 is 1.76 bits per heavy atom. The molecule has 0 N–H and O–H groups in total. The minimum Gasteiger partial charge on any atom is -0.362 e. The lowest BCUT2D eigenvalue weighted by Gasteiger charge is -2.23. The topological polar surface area (TPSA) is 29.3 Å². The van der Waals surface area contributed by atoms with Crippen molar-refractivity contribution >= 4 is 11.5 Å². The number of hydrogen-bond acceptors (Lipinski definition) is 3. The normalized spacial score (nSPS) is 11.5. The van der Waals surface area contributed by atoms with Crippen molar-refractivity contribution < 1.29 is 4.52 Å². The molecule has 0 spiro atoms. The van der Waals surface area contributed by atoms with Gasteiger partial charge in [-0.2, -0.15) is 0 Å². The van der Waals surface area contributed by atoms with E-state index in [9.17, 15) is 0 Å². The lowest BCUT2D eigenvalue weighted by molar-refractivity contribution is 0.417. The molecule has 0 bridgehead atoms. The number of aromatic nitrogens is 1. The summed E-state index contributed by atoms with van der Waals surface area (Å²) in [6.45, 7) is 6.46. The summed E-state index contributed by atoms with van der Waals surface area (Å²) in [6.07, 6.45) is 1.73. The van der Waals surface area contributed by atoms with Crippen LogP contribution in [0.2, 0.25) is 0 Å². The van der Waals surface area contributed by atoms with Crippen LogP contribution in [0, 0.1) is 0 Å². The van der Waals surface area contributed by atoms with Crippen molar-refractivity contribution in [2.24, 2.45) is 0 Å². The molecule has 2 rings (SSSR count). The highest BCUT2D eigenvalue weighted by Gasteiger charge is 2.24. The Kier molecular flexibility index (Phi) is 2.92. The first-order valence-corrected chi connectivity index (χ1v) is 5.74. The predicted octanol–water partition coefficient (Wildman–Crippen LogP) is 3.74. The van der Waals surface area contributed by atoms with Crippen molar-refractivity contribution in [2.45, 2.75) is 26.2 Å². The highest BCUT2D eigenvalue weighted by molar-refractivity contribution is 5.62. The van der Waals surface area contributed by atoms with Gasteiger partial charge in [0.15, 0.2) is 5.82 Å². The summed E-state index contributed by atoms with van der Waals surface area (Å²) in [5.41, 5.74) is 2.24. The summed E-state index contributed by atoms with van der Waals surface area (Å²) in [7, 11) is 2.00. The highest BCUT2D eigenvalue weighted by Crippen LogP contribution is 2.33. The summed E-state index contributed by atoms with van der Waals surface area (Å²) in [4.78, 5) is 2.05. The van der Waals surface area contributed by atoms with Gasteiger partial charge in [-0.3, -0.25) is 0 Å². The fraction of sp³-hybridized carbons (Fsp3) is 0.357. The van der Waals surface area contributed by atoms with Gasteiger partial charge in [-0.25, -0.2) is 0 Å². The molecule has 0 unspecified atom stereocenters. The van der Waals surface area contributed by atoms with E-state index in [1.165, 1.54) is 0 Å². The molecule has 0 radical (unpaired) electrons. The molecule has 0 aliphatic carbocycles. The maximum atomic E-state index is 5.12. The van der Waals surface area contributed by atoms with Crippen molar-refractivity contribution in [3.05, 3.63) is 42.2 Å². The van der Waals surface area contributed by atoms with Crippen LogP contribution in [-0.2, 0) is 5.41 Å². The van der Waals surface area contributed by atoms with E-state index in [1.54, 1.807) is 6.26 Å². The van der Waals surface area contributed by atoms with Gasteiger partial charge in [-0.15, -0.1) is 0 Å². The van der Waals surface area contributed by atoms with Gasteiger partial charge in [-0.05, 0) is 17.5 Å². The fourth-order valence-corrected chi connectivity index (χ4v) is 1.76. The average Bonchev–Trinajstić information content (AvgIpc) is 2.78. The van der Waals surface area contributed by atoms with E-state index in [-0.39, 0.29) is 5.41 Å². The average molecular weight is 230 g/mol. The Morgan fingerprint density at radius 1 is 1.12 bits per heavy atom. The van der Waals surface area contributed by atoms with Crippen LogP contribution in [0.15, 0.2) is 41.1 Å². The zero-order valence-electron chi connectivity index (χ0n) is 10.8. The van der Waals surface area contributed by atoms with E-state index in [4.69, 9.17) is 4.52 Å². The maximum Gasteiger partial charge on any atom is 0.179 e. The Hall–Kier alpha value is -1.77. The van der Waals surface area contributed by atoms with Crippen molar-refractivity contribution in [3.8, 4) is 0 Å². The molecule has 3 nitrogen and oxygen atoms in total. The van der Waals surface area contributed by atoms with E-state index >= 15 is 0 Å². The molecule has 0 atom stereocenters. The Balaban J connectivity index is 2.39. The fourth-order valence-electron chi connectivity index (χ4n) is 1.76. The van der Waals surface area contributed by atoms with Crippen LogP contribution in [0.1, 0.15) is 26.3 Å². The number of rotatable bonds is 2. The number of benzene rings is 1. The molecule has 3 heteroatoms. The predicted molar refractivity (Wildman–Crippen MR) is 69.7 cm³/mol. The number of anilines is 2. The molecule has 0 aliphatic heterocycles. The molecule has 0 aliphatic rings. The van der Waals surface area contributed by atoms with Crippen molar-refractivity contribution in [3.63, 3.8) is 0 Å². The molecular formula is C14H18N2O. The quantitative estimate of drug-likeness (QED) is 0.787. The zero-order chi connectivity index (χ0) is 12.5. The number of para-hydroxylation sites is 1. The summed E-state index contributed by atoms with van der Waals surface area (Å²) in [6, 6.07) is 10.2. The first-order chi connectivity index (χ1) is 8.00. The SMILES string of the molecule is CN(c1ccccc1)c1nocc1C(C)(C)C. The monoisotopic (exact) mass is 230 g/mol. The second kappa shape index (κ2) is 4.24. The van der Waals surface area contributed by atoms with Gasteiger partial charge >= 0.3 is 0 Å². The van der Waals surface area contributed by atoms with Crippen molar-refractivity contribution in [1.82, 2.24) is 5.16 Å². The first kappa shape index (κ1) is 11.7. The molecule has 1 aromatic heterocycles. The molecule has 17 heavy (non-hydrogen) atoms. The van der Waals surface area contributed by atoms with Crippen LogP contribution in [0.4, 0.5) is 11.5 Å². The van der Waals surface area contributed by atoms with Crippen LogP contribution in [-0.4, -0.2) is 12.2 Å². The molecule has 1 aromatic carbocycles. The van der Waals surface area contributed by atoms with Gasteiger partial charge in [0, 0.05) is 18.3 Å². The van der Waals surface area contributed by atoms with E-state index in [1.807, 2.05) is 30.1 Å². The van der Waals surface area contributed by atoms with Gasteiger partial charge in [0.2, 0.25) is 0 Å². The van der Waals surface area contributed by atoms with E-state index in [2.05, 4.69) is 38.1 Å². The third-order valence-electron chi connectivity index (χ3n) is 2.82. The van der Waals surface area contributed by atoms with Gasteiger partial charge < -0.3 is 9.42 Å². The van der Waals surface area contributed by atoms with E-state index < -0.39 is 0 Å². The highest BCUT2D eigenvalue weighted by atomic mass is 16.5. The third-order valence-corrected chi connectivity index (χ3v) is 2.82. The Morgan fingerprint density at radius 3 is 2.35 bits per heavy atom. The summed E-state index contributed by atoms with van der Waals surface area (Å²) in [5, 5.41) is 4.11. The third kappa shape index (κ3) is 2.33. The van der Waals surface area contributed by atoms with Gasteiger partial charge in [0.05, 0.1) is 0 Å². The zero-order valence-corrected chi connectivity index (χ0v) is 10.8. The van der Waals surface area contributed by atoms with Gasteiger partial charge in [0.1, 0.15) is 6.26 Å². The molecular weight excluding hydrogens is 212 g/mol. The minimum absolute atomic E-state index is 0.0262. The van der Waals surface area contributed by atoms with Crippen molar-refractivity contribution in [2.75, 3.05) is 11.9 Å². The molecule has 90 valence electrons. The molecule has 0 saturated carbocycles. The smallest absolute Gasteiger partial charge is 0.179 e. The van der Waals surface area contributed by atoms with E-state index in [0.717, 1.165) is 17.1 Å². The molecule has 0 saturated heterocycles. The molecule has 1 heterocycles. The van der Waals surface area contributed by atoms with Crippen LogP contribution in [0.25, 0.3) is 0 Å². The summed E-state index contributed by atoms with van der Waals surface area (Å²) >= 11 is 0. The number of hydrogen-bond donors (Lipinski definition) is 0. The second-order valence-electron chi connectivity index (χ2n) is 5.20. The maximum absolute atomic E-state index is 5.12. The van der Waals surface area contributed by atoms with Crippen LogP contribution in [0.3, 0.4) is 0 Å². The van der Waals surface area contributed by atoms with Crippen LogP contribution in [0.5, 0.6) is 0 Å². The standard InChI is InChI=1S/C14H18N2O/c1-14(2,3)12-10-17-15-13(12)16(4)11-8-6-5-7-9-11/h5-10H,1-4H3. The number of nitrogens with zero attached hydrogens (tertiary/aromatic N) is 2. The van der Waals surface area contributed by atoms with E-state index in [0.29, 0.717) is 0 Å². The van der Waals surface area contributed by atoms with Gasteiger partial charge in [0.25, 0.3) is 0 Å². The largest absolute Gasteiger partial charge is 0.362 e. The second-order valence-corrected chi connectivity index (χ2v) is 5.20. The molecule has 0 amide bonds. The molecule has 2 aromatic rings. The first-order valence-electron chi connectivity index (χ1n) is 5.74. The van der Waals surface area contributed by atoms with Crippen LogP contribution >= 0.6 is 0 Å². The van der Waals surface area contributed by atoms with Crippen LogP contribution < -0.4 is 4.90 Å². The molecule has 0 fully saturated rings. The Bertz CT molecular complexity index is 482. The Labute approximate surface area is 102 Å². The van der Waals surface area contributed by atoms with Gasteiger partial charge in [-0.1, -0.05) is 44.1 Å². The minimum atomic E-state index is 0.0262.